The lowest BCUT2D eigenvalue weighted by atomic mass is 10.1. The molecule has 1 aromatic carbocycles. The molecule has 0 radical (unpaired) electrons. The van der Waals surface area contributed by atoms with E-state index in [2.05, 4.69) is 21.3 Å². The lowest BCUT2D eigenvalue weighted by molar-refractivity contribution is 0.102. The molecule has 0 aliphatic carbocycles. The van der Waals surface area contributed by atoms with Crippen molar-refractivity contribution in [1.82, 2.24) is 4.98 Å². The predicted octanol–water partition coefficient (Wildman–Crippen LogP) is 4.66. The Hall–Kier alpha value is -2.36. The van der Waals surface area contributed by atoms with Crippen molar-refractivity contribution in [2.75, 3.05) is 23.3 Å². The summed E-state index contributed by atoms with van der Waals surface area (Å²) in [4.78, 5) is 19.0. The van der Waals surface area contributed by atoms with E-state index < -0.39 is 0 Å². The molecule has 1 fully saturated rings. The number of carbonyl (C=O) groups is 1. The first-order valence-electron chi connectivity index (χ1n) is 8.83. The van der Waals surface area contributed by atoms with Crippen molar-refractivity contribution in [3.8, 4) is 0 Å². The van der Waals surface area contributed by atoms with Crippen LogP contribution in [0.25, 0.3) is 0 Å². The fourth-order valence-corrected chi connectivity index (χ4v) is 2.85. The normalized spacial score (nSPS) is 13.7. The molecule has 1 aliphatic heterocycles. The molecule has 3 rings (SSSR count). The second-order valence-corrected chi connectivity index (χ2v) is 5.68. The van der Waals surface area contributed by atoms with Gasteiger partial charge < -0.3 is 10.2 Å². The fraction of sp³-hybridized carbons (Fsp3) is 0.400. The first kappa shape index (κ1) is 18.0. The van der Waals surface area contributed by atoms with Crippen LogP contribution in [0.15, 0.2) is 42.5 Å². The van der Waals surface area contributed by atoms with Crippen molar-refractivity contribution in [1.29, 1.82) is 0 Å². The standard InChI is InChI=1S/C18H21N3O.C2H6/c1-14-8-7-10-16(19-14)18(22)20-15-9-3-4-11-17(15)21-12-5-2-6-13-21;1-2/h3-4,7-11H,2,5-6,12-13H2,1H3,(H,20,22);1-2H3. The molecule has 4 heteroatoms. The summed E-state index contributed by atoms with van der Waals surface area (Å²) >= 11 is 0. The van der Waals surface area contributed by atoms with Gasteiger partial charge in [-0.2, -0.15) is 0 Å². The number of nitrogens with zero attached hydrogens (tertiary/aromatic N) is 2. The van der Waals surface area contributed by atoms with Crippen LogP contribution >= 0.6 is 0 Å². The summed E-state index contributed by atoms with van der Waals surface area (Å²) in [6, 6.07) is 13.5. The van der Waals surface area contributed by atoms with Crippen molar-refractivity contribution in [2.24, 2.45) is 0 Å². The highest BCUT2D eigenvalue weighted by molar-refractivity contribution is 6.04. The molecule has 2 heterocycles. The Morgan fingerprint density at radius 1 is 1.00 bits per heavy atom. The summed E-state index contributed by atoms with van der Waals surface area (Å²) in [5.74, 6) is -0.159. The molecule has 0 spiro atoms. The van der Waals surface area contributed by atoms with Crippen molar-refractivity contribution in [3.63, 3.8) is 0 Å². The highest BCUT2D eigenvalue weighted by atomic mass is 16.1. The van der Waals surface area contributed by atoms with Gasteiger partial charge in [0.25, 0.3) is 5.91 Å². The van der Waals surface area contributed by atoms with Gasteiger partial charge >= 0.3 is 0 Å². The zero-order valence-corrected chi connectivity index (χ0v) is 14.9. The molecule has 0 saturated carbocycles. The first-order chi connectivity index (χ1) is 11.7. The molecule has 0 atom stereocenters. The van der Waals surface area contributed by atoms with Crippen molar-refractivity contribution >= 4 is 17.3 Å². The molecule has 0 unspecified atom stereocenters. The molecule has 2 aromatic rings. The van der Waals surface area contributed by atoms with Crippen LogP contribution in [-0.4, -0.2) is 24.0 Å². The fourth-order valence-electron chi connectivity index (χ4n) is 2.85. The number of aryl methyl sites for hydroxylation is 1. The first-order valence-corrected chi connectivity index (χ1v) is 8.83. The molecular formula is C20H27N3O. The van der Waals surface area contributed by atoms with Gasteiger partial charge in [0.2, 0.25) is 0 Å². The van der Waals surface area contributed by atoms with Gasteiger partial charge in [-0.25, -0.2) is 4.98 Å². The number of amides is 1. The van der Waals surface area contributed by atoms with Gasteiger partial charge in [-0.3, -0.25) is 4.79 Å². The van der Waals surface area contributed by atoms with Crippen LogP contribution in [0.2, 0.25) is 0 Å². The Balaban J connectivity index is 0.00000100. The third-order valence-corrected chi connectivity index (χ3v) is 3.97. The van der Waals surface area contributed by atoms with E-state index in [-0.39, 0.29) is 5.91 Å². The van der Waals surface area contributed by atoms with E-state index >= 15 is 0 Å². The SMILES string of the molecule is CC.Cc1cccc(C(=O)Nc2ccccc2N2CCCCC2)n1. The summed E-state index contributed by atoms with van der Waals surface area (Å²) in [5.41, 5.74) is 3.26. The van der Waals surface area contributed by atoms with Gasteiger partial charge in [0.1, 0.15) is 5.69 Å². The average molecular weight is 325 g/mol. The summed E-state index contributed by atoms with van der Waals surface area (Å²) in [5, 5.41) is 3.01. The number of pyridine rings is 1. The molecule has 1 N–H and O–H groups in total. The van der Waals surface area contributed by atoms with E-state index in [1.54, 1.807) is 6.07 Å². The number of rotatable bonds is 3. The number of benzene rings is 1. The summed E-state index contributed by atoms with van der Waals surface area (Å²) in [7, 11) is 0. The quantitative estimate of drug-likeness (QED) is 0.893. The third kappa shape index (κ3) is 4.57. The monoisotopic (exact) mass is 325 g/mol. The number of para-hydroxylation sites is 2. The predicted molar refractivity (Wildman–Crippen MR) is 101 cm³/mol. The van der Waals surface area contributed by atoms with Crippen LogP contribution in [0.3, 0.4) is 0 Å². The molecule has 1 amide bonds. The third-order valence-electron chi connectivity index (χ3n) is 3.97. The molecule has 24 heavy (non-hydrogen) atoms. The molecule has 128 valence electrons. The van der Waals surface area contributed by atoms with Gasteiger partial charge in [-0.05, 0) is 50.5 Å². The van der Waals surface area contributed by atoms with Crippen molar-refractivity contribution < 1.29 is 4.79 Å². The Labute approximate surface area is 144 Å². The Morgan fingerprint density at radius 3 is 2.42 bits per heavy atom. The van der Waals surface area contributed by atoms with E-state index in [1.165, 1.54) is 19.3 Å². The second kappa shape index (κ2) is 9.06. The number of hydrogen-bond acceptors (Lipinski definition) is 3. The molecule has 1 aliphatic rings. The van der Waals surface area contributed by atoms with Crippen LogP contribution in [0.4, 0.5) is 11.4 Å². The summed E-state index contributed by atoms with van der Waals surface area (Å²) in [6.07, 6.45) is 3.71. The highest BCUT2D eigenvalue weighted by Gasteiger charge is 2.16. The highest BCUT2D eigenvalue weighted by Crippen LogP contribution is 2.28. The largest absolute Gasteiger partial charge is 0.370 e. The maximum absolute atomic E-state index is 12.4. The van der Waals surface area contributed by atoms with Crippen LogP contribution in [0.1, 0.15) is 49.3 Å². The number of anilines is 2. The zero-order valence-electron chi connectivity index (χ0n) is 14.9. The topological polar surface area (TPSA) is 45.2 Å². The maximum Gasteiger partial charge on any atom is 0.274 e. The maximum atomic E-state index is 12.4. The van der Waals surface area contributed by atoms with Crippen LogP contribution in [-0.2, 0) is 0 Å². The van der Waals surface area contributed by atoms with Crippen LogP contribution in [0.5, 0.6) is 0 Å². The van der Waals surface area contributed by atoms with E-state index in [1.807, 2.05) is 51.1 Å². The van der Waals surface area contributed by atoms with Crippen molar-refractivity contribution in [2.45, 2.75) is 40.0 Å². The van der Waals surface area contributed by atoms with Gasteiger partial charge in [-0.15, -0.1) is 0 Å². The summed E-state index contributed by atoms with van der Waals surface area (Å²) in [6.45, 7) is 7.99. The van der Waals surface area contributed by atoms with Crippen LogP contribution < -0.4 is 10.2 Å². The molecule has 1 saturated heterocycles. The molecule has 1 aromatic heterocycles. The molecular weight excluding hydrogens is 298 g/mol. The minimum absolute atomic E-state index is 0.159. The number of piperidine rings is 1. The lowest BCUT2D eigenvalue weighted by Gasteiger charge is -2.30. The minimum Gasteiger partial charge on any atom is -0.370 e. The number of carbonyl (C=O) groups excluding carboxylic acids is 1. The van der Waals surface area contributed by atoms with E-state index in [4.69, 9.17) is 0 Å². The van der Waals surface area contributed by atoms with E-state index in [0.717, 1.165) is 30.2 Å². The van der Waals surface area contributed by atoms with E-state index in [9.17, 15) is 4.79 Å². The van der Waals surface area contributed by atoms with Gasteiger partial charge in [-0.1, -0.05) is 32.0 Å². The van der Waals surface area contributed by atoms with Crippen molar-refractivity contribution in [3.05, 3.63) is 53.9 Å². The smallest absolute Gasteiger partial charge is 0.274 e. The lowest BCUT2D eigenvalue weighted by Crippen LogP contribution is -2.30. The van der Waals surface area contributed by atoms with Crippen LogP contribution in [0, 0.1) is 6.92 Å². The number of aromatic nitrogens is 1. The zero-order chi connectivity index (χ0) is 17.4. The molecule has 4 nitrogen and oxygen atoms in total. The Morgan fingerprint density at radius 2 is 1.71 bits per heavy atom. The Kier molecular flexibility index (Phi) is 6.79. The minimum atomic E-state index is -0.159. The van der Waals surface area contributed by atoms with Gasteiger partial charge in [0.05, 0.1) is 11.4 Å². The Bertz CT molecular complexity index is 663. The summed E-state index contributed by atoms with van der Waals surface area (Å²) < 4.78 is 0. The number of nitrogens with one attached hydrogen (secondary N) is 1. The van der Waals surface area contributed by atoms with E-state index in [0.29, 0.717) is 5.69 Å². The average Bonchev–Trinajstić information content (AvgIpc) is 2.64. The van der Waals surface area contributed by atoms with Gasteiger partial charge in [0.15, 0.2) is 0 Å². The second-order valence-electron chi connectivity index (χ2n) is 5.68. The van der Waals surface area contributed by atoms with Gasteiger partial charge in [0, 0.05) is 18.8 Å². The number of hydrogen-bond donors (Lipinski definition) is 1. The molecule has 0 bridgehead atoms.